The Kier molecular flexibility index (Phi) is 5.41. The third kappa shape index (κ3) is 3.54. The van der Waals surface area contributed by atoms with Crippen LogP contribution in [-0.2, 0) is 11.3 Å². The average molecular weight is 450 g/mol. The molecule has 1 aliphatic rings. The Labute approximate surface area is 178 Å². The van der Waals surface area contributed by atoms with Gasteiger partial charge in [0, 0.05) is 15.6 Å². The Hall–Kier alpha value is -3.05. The van der Waals surface area contributed by atoms with Crippen LogP contribution in [0.3, 0.4) is 0 Å². The van der Waals surface area contributed by atoms with Crippen molar-refractivity contribution in [2.24, 2.45) is 0 Å². The molecular formula is C24H20BrNO3. The number of amides is 1. The molecule has 0 aliphatic carbocycles. The van der Waals surface area contributed by atoms with Crippen LogP contribution < -0.4 is 4.74 Å². The van der Waals surface area contributed by atoms with Gasteiger partial charge in [-0.15, -0.1) is 0 Å². The van der Waals surface area contributed by atoms with Crippen LogP contribution in [0.15, 0.2) is 89.1 Å². The largest absolute Gasteiger partial charge is 0.503 e. The van der Waals surface area contributed by atoms with E-state index in [0.717, 1.165) is 21.2 Å². The van der Waals surface area contributed by atoms with E-state index in [4.69, 9.17) is 4.74 Å². The van der Waals surface area contributed by atoms with Crippen LogP contribution in [0.2, 0.25) is 0 Å². The van der Waals surface area contributed by atoms with Gasteiger partial charge in [0.05, 0.1) is 19.7 Å². The maximum atomic E-state index is 13.1. The monoisotopic (exact) mass is 449 g/mol. The maximum absolute atomic E-state index is 13.1. The third-order valence-corrected chi connectivity index (χ3v) is 5.84. The third-order valence-electron chi connectivity index (χ3n) is 5.12. The molecule has 146 valence electrons. The fourth-order valence-corrected chi connectivity index (χ4v) is 4.27. The lowest BCUT2D eigenvalue weighted by Gasteiger charge is -2.28. The first-order valence-corrected chi connectivity index (χ1v) is 10.1. The molecule has 1 amide bonds. The van der Waals surface area contributed by atoms with Crippen molar-refractivity contribution < 1.29 is 14.6 Å². The number of hydrogen-bond acceptors (Lipinski definition) is 3. The van der Waals surface area contributed by atoms with Gasteiger partial charge in [0.25, 0.3) is 5.91 Å². The summed E-state index contributed by atoms with van der Waals surface area (Å²) >= 11 is 3.62. The minimum absolute atomic E-state index is 0.216. The van der Waals surface area contributed by atoms with Crippen LogP contribution in [0, 0.1) is 0 Å². The lowest BCUT2D eigenvalue weighted by molar-refractivity contribution is -0.130. The molecule has 3 aromatic carbocycles. The van der Waals surface area contributed by atoms with Crippen molar-refractivity contribution in [3.63, 3.8) is 0 Å². The summed E-state index contributed by atoms with van der Waals surface area (Å²) in [6.45, 7) is 0.315. The Morgan fingerprint density at radius 3 is 2.34 bits per heavy atom. The number of rotatable bonds is 5. The highest BCUT2D eigenvalue weighted by Gasteiger charge is 2.41. The lowest BCUT2D eigenvalue weighted by atomic mass is 9.93. The van der Waals surface area contributed by atoms with Gasteiger partial charge in [0.1, 0.15) is 5.75 Å². The molecule has 1 unspecified atom stereocenters. The summed E-state index contributed by atoms with van der Waals surface area (Å²) in [4.78, 5) is 14.8. The molecule has 0 aromatic heterocycles. The molecule has 3 aromatic rings. The standard InChI is InChI=1S/C24H20BrNO3/c1-29-20-14-8-5-11-17(20)15-26-22(18-12-6-7-13-19(18)25)21(23(27)24(26)28)16-9-3-2-4-10-16/h2-14,22,27H,15H2,1H3. The van der Waals surface area contributed by atoms with Gasteiger partial charge in [0.2, 0.25) is 0 Å². The quantitative estimate of drug-likeness (QED) is 0.558. The molecule has 1 heterocycles. The van der Waals surface area contributed by atoms with Crippen LogP contribution >= 0.6 is 15.9 Å². The van der Waals surface area contributed by atoms with Gasteiger partial charge in [-0.1, -0.05) is 82.7 Å². The highest BCUT2D eigenvalue weighted by atomic mass is 79.9. The maximum Gasteiger partial charge on any atom is 0.290 e. The van der Waals surface area contributed by atoms with Gasteiger partial charge >= 0.3 is 0 Å². The summed E-state index contributed by atoms with van der Waals surface area (Å²) in [5, 5.41) is 10.9. The Morgan fingerprint density at radius 1 is 0.966 bits per heavy atom. The van der Waals surface area contributed by atoms with Crippen molar-refractivity contribution in [1.29, 1.82) is 0 Å². The van der Waals surface area contributed by atoms with Crippen LogP contribution in [-0.4, -0.2) is 23.0 Å². The van der Waals surface area contributed by atoms with Crippen LogP contribution in [0.1, 0.15) is 22.7 Å². The van der Waals surface area contributed by atoms with Gasteiger partial charge in [-0.05, 0) is 23.3 Å². The molecule has 0 bridgehead atoms. The number of benzene rings is 3. The highest BCUT2D eigenvalue weighted by molar-refractivity contribution is 9.10. The van der Waals surface area contributed by atoms with Gasteiger partial charge in [-0.3, -0.25) is 4.79 Å². The fourth-order valence-electron chi connectivity index (χ4n) is 3.77. The Balaban J connectivity index is 1.85. The molecule has 0 fully saturated rings. The molecule has 1 aliphatic heterocycles. The Morgan fingerprint density at radius 2 is 1.62 bits per heavy atom. The first-order valence-electron chi connectivity index (χ1n) is 9.27. The molecule has 0 spiro atoms. The summed E-state index contributed by atoms with van der Waals surface area (Å²) < 4.78 is 6.35. The number of nitrogens with zero attached hydrogens (tertiary/aromatic N) is 1. The second kappa shape index (κ2) is 8.13. The van der Waals surface area contributed by atoms with Crippen molar-refractivity contribution in [3.05, 3.63) is 106 Å². The molecule has 1 atom stereocenters. The zero-order valence-electron chi connectivity index (χ0n) is 15.9. The number of methoxy groups -OCH3 is 1. The van der Waals surface area contributed by atoms with E-state index in [9.17, 15) is 9.90 Å². The summed E-state index contributed by atoms with van der Waals surface area (Å²) in [6.07, 6.45) is 0. The van der Waals surface area contributed by atoms with Crippen LogP contribution in [0.5, 0.6) is 5.75 Å². The predicted octanol–water partition coefficient (Wildman–Crippen LogP) is 5.51. The van der Waals surface area contributed by atoms with E-state index < -0.39 is 11.9 Å². The molecule has 1 N–H and O–H groups in total. The molecule has 0 saturated carbocycles. The van der Waals surface area contributed by atoms with Crippen LogP contribution in [0.25, 0.3) is 5.57 Å². The van der Waals surface area contributed by atoms with E-state index in [1.807, 2.05) is 78.9 Å². The summed E-state index contributed by atoms with van der Waals surface area (Å²) in [5.74, 6) is 0.0983. The van der Waals surface area contributed by atoms with Crippen molar-refractivity contribution in [2.75, 3.05) is 7.11 Å². The number of halogens is 1. The van der Waals surface area contributed by atoms with Gasteiger partial charge in [-0.2, -0.15) is 0 Å². The van der Waals surface area contributed by atoms with E-state index in [2.05, 4.69) is 15.9 Å². The molecule has 4 rings (SSSR count). The molecule has 0 radical (unpaired) electrons. The minimum atomic E-state index is -0.426. The summed E-state index contributed by atoms with van der Waals surface area (Å²) in [7, 11) is 1.61. The number of para-hydroxylation sites is 1. The molecule has 0 saturated heterocycles. The van der Waals surface area contributed by atoms with Gasteiger partial charge in [-0.25, -0.2) is 0 Å². The van der Waals surface area contributed by atoms with Crippen molar-refractivity contribution in [3.8, 4) is 5.75 Å². The number of carbonyl (C=O) groups excluding carboxylic acids is 1. The predicted molar refractivity (Wildman–Crippen MR) is 116 cm³/mol. The molecular weight excluding hydrogens is 430 g/mol. The number of aliphatic hydroxyl groups is 1. The van der Waals surface area contributed by atoms with E-state index in [-0.39, 0.29) is 5.76 Å². The van der Waals surface area contributed by atoms with E-state index in [1.165, 1.54) is 0 Å². The number of hydrogen-bond donors (Lipinski definition) is 1. The number of aliphatic hydroxyl groups excluding tert-OH is 1. The minimum Gasteiger partial charge on any atom is -0.503 e. The summed E-state index contributed by atoms with van der Waals surface area (Å²) in [6, 6.07) is 24.5. The molecule has 4 nitrogen and oxygen atoms in total. The molecule has 29 heavy (non-hydrogen) atoms. The zero-order valence-corrected chi connectivity index (χ0v) is 17.5. The van der Waals surface area contributed by atoms with E-state index in [1.54, 1.807) is 12.0 Å². The second-order valence-electron chi connectivity index (χ2n) is 6.80. The van der Waals surface area contributed by atoms with Crippen molar-refractivity contribution >= 4 is 27.4 Å². The highest BCUT2D eigenvalue weighted by Crippen LogP contribution is 2.46. The SMILES string of the molecule is COc1ccccc1CN1C(=O)C(O)=C(c2ccccc2)C1c1ccccc1Br. The molecule has 5 heteroatoms. The van der Waals surface area contributed by atoms with Gasteiger partial charge in [0.15, 0.2) is 5.76 Å². The first-order chi connectivity index (χ1) is 14.1. The van der Waals surface area contributed by atoms with Crippen molar-refractivity contribution in [2.45, 2.75) is 12.6 Å². The topological polar surface area (TPSA) is 49.8 Å². The average Bonchev–Trinajstić information content (AvgIpc) is 3.00. The van der Waals surface area contributed by atoms with Crippen molar-refractivity contribution in [1.82, 2.24) is 4.90 Å². The smallest absolute Gasteiger partial charge is 0.290 e. The number of carbonyl (C=O) groups is 1. The first kappa shape index (κ1) is 19.3. The zero-order chi connectivity index (χ0) is 20.4. The lowest BCUT2D eigenvalue weighted by Crippen LogP contribution is -2.30. The Bertz CT molecular complexity index is 1080. The van der Waals surface area contributed by atoms with E-state index >= 15 is 0 Å². The second-order valence-corrected chi connectivity index (χ2v) is 7.65. The van der Waals surface area contributed by atoms with Gasteiger partial charge < -0.3 is 14.7 Å². The fraction of sp³-hybridized carbons (Fsp3) is 0.125. The number of ether oxygens (including phenoxy) is 1. The summed E-state index contributed by atoms with van der Waals surface area (Å²) in [5.41, 5.74) is 3.22. The normalized spacial score (nSPS) is 16.4. The van der Waals surface area contributed by atoms with E-state index in [0.29, 0.717) is 17.9 Å². The van der Waals surface area contributed by atoms with Crippen LogP contribution in [0.4, 0.5) is 0 Å².